The SMILES string of the molecule is CNc1cc(Nc2cc(C)ccc2C)nc(N)n1. The molecule has 0 aliphatic heterocycles. The number of nitrogens with zero attached hydrogens (tertiary/aromatic N) is 2. The minimum atomic E-state index is 0.245. The van der Waals surface area contributed by atoms with E-state index >= 15 is 0 Å². The third-order valence-corrected chi connectivity index (χ3v) is 2.66. The Morgan fingerprint density at radius 2 is 1.78 bits per heavy atom. The second-order valence-electron chi connectivity index (χ2n) is 4.19. The second-order valence-corrected chi connectivity index (χ2v) is 4.19. The summed E-state index contributed by atoms with van der Waals surface area (Å²) in [6.45, 7) is 4.10. The Kier molecular flexibility index (Phi) is 3.32. The van der Waals surface area contributed by atoms with Crippen LogP contribution in [0.5, 0.6) is 0 Å². The molecule has 0 spiro atoms. The van der Waals surface area contributed by atoms with Crippen molar-refractivity contribution in [3.05, 3.63) is 35.4 Å². The van der Waals surface area contributed by atoms with Gasteiger partial charge in [-0.3, -0.25) is 0 Å². The van der Waals surface area contributed by atoms with E-state index in [9.17, 15) is 0 Å². The van der Waals surface area contributed by atoms with E-state index in [0.29, 0.717) is 11.6 Å². The Morgan fingerprint density at radius 1 is 1.06 bits per heavy atom. The van der Waals surface area contributed by atoms with Gasteiger partial charge in [-0.25, -0.2) is 0 Å². The summed E-state index contributed by atoms with van der Waals surface area (Å²) in [6, 6.07) is 8.04. The predicted octanol–water partition coefficient (Wildman–Crippen LogP) is 2.46. The van der Waals surface area contributed by atoms with Crippen LogP contribution in [0.15, 0.2) is 24.3 Å². The fourth-order valence-electron chi connectivity index (χ4n) is 1.67. The van der Waals surface area contributed by atoms with Gasteiger partial charge in [0.05, 0.1) is 0 Å². The minimum Gasteiger partial charge on any atom is -0.373 e. The average molecular weight is 243 g/mol. The minimum absolute atomic E-state index is 0.245. The number of nitrogens with two attached hydrogens (primary N) is 1. The molecule has 0 unspecified atom stereocenters. The normalized spacial score (nSPS) is 10.2. The molecule has 0 bridgehead atoms. The van der Waals surface area contributed by atoms with Crippen LogP contribution >= 0.6 is 0 Å². The first kappa shape index (κ1) is 12.2. The van der Waals surface area contributed by atoms with E-state index in [0.717, 1.165) is 11.3 Å². The number of aryl methyl sites for hydroxylation is 2. The van der Waals surface area contributed by atoms with E-state index < -0.39 is 0 Å². The molecule has 0 aliphatic rings. The molecule has 0 aliphatic carbocycles. The van der Waals surface area contributed by atoms with Crippen LogP contribution in [0.2, 0.25) is 0 Å². The number of anilines is 4. The summed E-state index contributed by atoms with van der Waals surface area (Å²) in [7, 11) is 1.80. The molecular weight excluding hydrogens is 226 g/mol. The van der Waals surface area contributed by atoms with E-state index in [4.69, 9.17) is 5.73 Å². The van der Waals surface area contributed by atoms with Crippen molar-refractivity contribution in [2.24, 2.45) is 0 Å². The molecule has 94 valence electrons. The number of aromatic nitrogens is 2. The highest BCUT2D eigenvalue weighted by atomic mass is 15.1. The van der Waals surface area contributed by atoms with Gasteiger partial charge < -0.3 is 16.4 Å². The molecule has 5 heteroatoms. The Bertz CT molecular complexity index is 565. The molecule has 0 saturated heterocycles. The summed E-state index contributed by atoms with van der Waals surface area (Å²) in [6.07, 6.45) is 0. The smallest absolute Gasteiger partial charge is 0.223 e. The number of hydrogen-bond donors (Lipinski definition) is 3. The lowest BCUT2D eigenvalue weighted by atomic mass is 10.1. The summed E-state index contributed by atoms with van der Waals surface area (Å²) >= 11 is 0. The quantitative estimate of drug-likeness (QED) is 0.772. The van der Waals surface area contributed by atoms with Gasteiger partial charge in [0, 0.05) is 18.8 Å². The van der Waals surface area contributed by atoms with Crippen molar-refractivity contribution in [2.75, 3.05) is 23.4 Å². The molecule has 1 aromatic carbocycles. The van der Waals surface area contributed by atoms with E-state index in [-0.39, 0.29) is 5.95 Å². The van der Waals surface area contributed by atoms with E-state index in [1.165, 1.54) is 5.56 Å². The zero-order chi connectivity index (χ0) is 13.1. The number of nitrogen functional groups attached to an aromatic ring is 1. The van der Waals surface area contributed by atoms with Gasteiger partial charge in [-0.1, -0.05) is 12.1 Å². The summed E-state index contributed by atoms with van der Waals surface area (Å²) < 4.78 is 0. The maximum Gasteiger partial charge on any atom is 0.223 e. The zero-order valence-corrected chi connectivity index (χ0v) is 10.8. The van der Waals surface area contributed by atoms with Gasteiger partial charge in [-0.05, 0) is 31.0 Å². The standard InChI is InChI=1S/C13H17N5/c1-8-4-5-9(2)10(6-8)16-12-7-11(15-3)17-13(14)18-12/h4-7H,1-3H3,(H4,14,15,16,17,18). The largest absolute Gasteiger partial charge is 0.373 e. The van der Waals surface area contributed by atoms with Crippen molar-refractivity contribution in [3.8, 4) is 0 Å². The van der Waals surface area contributed by atoms with Gasteiger partial charge in [0.1, 0.15) is 11.6 Å². The Balaban J connectivity index is 2.33. The van der Waals surface area contributed by atoms with E-state index in [1.54, 1.807) is 7.05 Å². The van der Waals surface area contributed by atoms with E-state index in [1.807, 2.05) is 13.0 Å². The fourth-order valence-corrected chi connectivity index (χ4v) is 1.67. The van der Waals surface area contributed by atoms with Crippen LogP contribution in [-0.2, 0) is 0 Å². The summed E-state index contributed by atoms with van der Waals surface area (Å²) in [5.41, 5.74) is 9.03. The van der Waals surface area contributed by atoms with Crippen LogP contribution in [0.1, 0.15) is 11.1 Å². The fraction of sp³-hybridized carbons (Fsp3) is 0.231. The highest BCUT2D eigenvalue weighted by molar-refractivity contribution is 5.64. The van der Waals surface area contributed by atoms with Gasteiger partial charge in [0.15, 0.2) is 0 Å². The first-order chi connectivity index (χ1) is 8.58. The summed E-state index contributed by atoms with van der Waals surface area (Å²) in [5, 5.41) is 6.21. The lowest BCUT2D eigenvalue weighted by Crippen LogP contribution is -2.04. The summed E-state index contributed by atoms with van der Waals surface area (Å²) in [5.74, 6) is 1.62. The lowest BCUT2D eigenvalue weighted by Gasteiger charge is -2.11. The van der Waals surface area contributed by atoms with Crippen molar-refractivity contribution in [1.29, 1.82) is 0 Å². The van der Waals surface area contributed by atoms with Crippen LogP contribution in [0, 0.1) is 13.8 Å². The Morgan fingerprint density at radius 3 is 2.50 bits per heavy atom. The highest BCUT2D eigenvalue weighted by Gasteiger charge is 2.04. The van der Waals surface area contributed by atoms with Crippen LogP contribution in [0.3, 0.4) is 0 Å². The molecule has 0 amide bonds. The van der Waals surface area contributed by atoms with E-state index in [2.05, 4.69) is 45.7 Å². The monoisotopic (exact) mass is 243 g/mol. The van der Waals surface area contributed by atoms with Gasteiger partial charge >= 0.3 is 0 Å². The topological polar surface area (TPSA) is 75.9 Å². The molecule has 1 aromatic heterocycles. The van der Waals surface area contributed by atoms with Crippen molar-refractivity contribution in [1.82, 2.24) is 9.97 Å². The third kappa shape index (κ3) is 2.68. The maximum atomic E-state index is 5.65. The molecule has 4 N–H and O–H groups in total. The van der Waals surface area contributed by atoms with Crippen LogP contribution in [-0.4, -0.2) is 17.0 Å². The van der Waals surface area contributed by atoms with Crippen molar-refractivity contribution in [3.63, 3.8) is 0 Å². The summed E-state index contributed by atoms with van der Waals surface area (Å²) in [4.78, 5) is 8.21. The Labute approximate surface area is 106 Å². The average Bonchev–Trinajstić information content (AvgIpc) is 2.33. The Hall–Kier alpha value is -2.30. The van der Waals surface area contributed by atoms with Crippen molar-refractivity contribution < 1.29 is 0 Å². The number of rotatable bonds is 3. The van der Waals surface area contributed by atoms with Crippen LogP contribution in [0.4, 0.5) is 23.3 Å². The van der Waals surface area contributed by atoms with Crippen LogP contribution in [0.25, 0.3) is 0 Å². The molecular formula is C13H17N5. The molecule has 2 rings (SSSR count). The molecule has 1 heterocycles. The lowest BCUT2D eigenvalue weighted by molar-refractivity contribution is 1.17. The first-order valence-electron chi connectivity index (χ1n) is 5.75. The molecule has 18 heavy (non-hydrogen) atoms. The number of benzene rings is 1. The molecule has 2 aromatic rings. The number of hydrogen-bond acceptors (Lipinski definition) is 5. The predicted molar refractivity (Wildman–Crippen MR) is 75.2 cm³/mol. The third-order valence-electron chi connectivity index (χ3n) is 2.66. The van der Waals surface area contributed by atoms with Crippen molar-refractivity contribution in [2.45, 2.75) is 13.8 Å². The van der Waals surface area contributed by atoms with Gasteiger partial charge in [-0.15, -0.1) is 0 Å². The zero-order valence-electron chi connectivity index (χ0n) is 10.8. The second kappa shape index (κ2) is 4.91. The van der Waals surface area contributed by atoms with Gasteiger partial charge in [0.25, 0.3) is 0 Å². The van der Waals surface area contributed by atoms with Crippen LogP contribution < -0.4 is 16.4 Å². The van der Waals surface area contributed by atoms with Gasteiger partial charge in [0.2, 0.25) is 5.95 Å². The molecule has 0 saturated carbocycles. The van der Waals surface area contributed by atoms with Crippen molar-refractivity contribution >= 4 is 23.3 Å². The molecule has 0 atom stereocenters. The number of nitrogens with one attached hydrogen (secondary N) is 2. The first-order valence-corrected chi connectivity index (χ1v) is 5.75. The molecule has 0 radical (unpaired) electrons. The highest BCUT2D eigenvalue weighted by Crippen LogP contribution is 2.22. The molecule has 0 fully saturated rings. The molecule has 5 nitrogen and oxygen atoms in total. The maximum absolute atomic E-state index is 5.65. The van der Waals surface area contributed by atoms with Gasteiger partial charge in [-0.2, -0.15) is 9.97 Å².